The number of methoxy groups -OCH3 is 1. The maximum Gasteiger partial charge on any atom is 0.270 e. The lowest BCUT2D eigenvalue weighted by Gasteiger charge is -2.35. The van der Waals surface area contributed by atoms with Gasteiger partial charge in [0.05, 0.1) is 31.6 Å². The minimum Gasteiger partial charge on any atom is -0.493 e. The maximum atomic E-state index is 16.6. The standard InChI is InChI=1S/C36H34F4N8O3/c1-51-30-17-25(37)20-41-35(30)45-13-15-46(16-14-45)36(50)29-19-28-26(22-4-6-23(7-5-22)34(39)40)18-27(32(38)33(28)43-29)24-3-2-10-47(21-24)31(49)8-11-48-12-9-42-44-48/h3-7,9,12,17-20,34,43H,2,8,10-11,13-16,21H2,1H3. The number of piperazine rings is 1. The first-order chi connectivity index (χ1) is 24.7. The molecule has 2 aliphatic heterocycles. The summed E-state index contributed by atoms with van der Waals surface area (Å²) in [4.78, 5) is 39.4. The second-order valence-electron chi connectivity index (χ2n) is 12.4. The number of benzene rings is 2. The lowest BCUT2D eigenvalue weighted by Crippen LogP contribution is -2.49. The second-order valence-corrected chi connectivity index (χ2v) is 12.4. The molecule has 0 atom stereocenters. The summed E-state index contributed by atoms with van der Waals surface area (Å²) < 4.78 is 64.0. The van der Waals surface area contributed by atoms with Crippen LogP contribution in [-0.2, 0) is 11.3 Å². The summed E-state index contributed by atoms with van der Waals surface area (Å²) in [6.07, 6.45) is 4.28. The summed E-state index contributed by atoms with van der Waals surface area (Å²) in [6.45, 7) is 2.46. The van der Waals surface area contributed by atoms with E-state index in [1.165, 1.54) is 31.5 Å². The molecule has 15 heteroatoms. The first-order valence-corrected chi connectivity index (χ1v) is 16.5. The number of carbonyl (C=O) groups is 2. The Labute approximate surface area is 290 Å². The fraction of sp³-hybridized carbons (Fsp3) is 0.306. The SMILES string of the molecule is COc1cc(F)cnc1N1CCN(C(=O)c2cc3c(-c4ccc(C(F)F)cc4)cc(C4=CCCN(C(=O)CCn5ccnn5)C4)c(F)c3[nH]2)CC1. The summed E-state index contributed by atoms with van der Waals surface area (Å²) >= 11 is 0. The van der Waals surface area contributed by atoms with Crippen molar-refractivity contribution in [3.8, 4) is 16.9 Å². The van der Waals surface area contributed by atoms with Gasteiger partial charge in [0, 0.05) is 74.5 Å². The quantitative estimate of drug-likeness (QED) is 0.196. The van der Waals surface area contributed by atoms with Gasteiger partial charge in [0.1, 0.15) is 11.5 Å². The molecule has 1 saturated heterocycles. The van der Waals surface area contributed by atoms with Gasteiger partial charge in [-0.15, -0.1) is 5.10 Å². The van der Waals surface area contributed by atoms with Crippen molar-refractivity contribution in [2.45, 2.75) is 25.8 Å². The van der Waals surface area contributed by atoms with E-state index in [1.807, 2.05) is 11.0 Å². The number of aryl methyl sites for hydroxylation is 1. The number of nitrogens with zero attached hydrogens (tertiary/aromatic N) is 7. The van der Waals surface area contributed by atoms with Crippen LogP contribution in [0.2, 0.25) is 0 Å². The number of alkyl halides is 2. The Morgan fingerprint density at radius 3 is 2.47 bits per heavy atom. The number of pyridine rings is 1. The first-order valence-electron chi connectivity index (χ1n) is 16.5. The van der Waals surface area contributed by atoms with Crippen LogP contribution < -0.4 is 9.64 Å². The summed E-state index contributed by atoms with van der Waals surface area (Å²) in [5, 5.41) is 8.08. The van der Waals surface area contributed by atoms with Gasteiger partial charge in [-0.2, -0.15) is 0 Å². The summed E-state index contributed by atoms with van der Waals surface area (Å²) in [6, 6.07) is 10.3. The van der Waals surface area contributed by atoms with Crippen LogP contribution in [0, 0.1) is 11.6 Å². The van der Waals surface area contributed by atoms with Crippen molar-refractivity contribution < 1.29 is 31.9 Å². The van der Waals surface area contributed by atoms with Crippen LogP contribution in [0.15, 0.2) is 67.1 Å². The number of anilines is 1. The van der Waals surface area contributed by atoms with Crippen molar-refractivity contribution in [2.24, 2.45) is 0 Å². The third-order valence-electron chi connectivity index (χ3n) is 9.32. The topological polar surface area (TPSA) is 112 Å². The monoisotopic (exact) mass is 702 g/mol. The van der Waals surface area contributed by atoms with E-state index in [0.717, 1.165) is 6.20 Å². The van der Waals surface area contributed by atoms with Crippen LogP contribution in [0.4, 0.5) is 23.4 Å². The van der Waals surface area contributed by atoms with Crippen LogP contribution in [-0.4, -0.2) is 93.0 Å². The minimum atomic E-state index is -2.65. The molecule has 11 nitrogen and oxygen atoms in total. The van der Waals surface area contributed by atoms with Crippen molar-refractivity contribution in [3.05, 3.63) is 95.6 Å². The van der Waals surface area contributed by atoms with Crippen LogP contribution in [0.25, 0.3) is 27.6 Å². The van der Waals surface area contributed by atoms with Crippen LogP contribution in [0.5, 0.6) is 5.75 Å². The van der Waals surface area contributed by atoms with Crippen molar-refractivity contribution in [1.29, 1.82) is 0 Å². The van der Waals surface area contributed by atoms with Gasteiger partial charge in [-0.25, -0.2) is 22.5 Å². The summed E-state index contributed by atoms with van der Waals surface area (Å²) in [5.41, 5.74) is 2.08. The van der Waals surface area contributed by atoms with Crippen molar-refractivity contribution in [2.75, 3.05) is 51.3 Å². The van der Waals surface area contributed by atoms with Crippen LogP contribution in [0.1, 0.15) is 40.9 Å². The van der Waals surface area contributed by atoms with Gasteiger partial charge in [-0.3, -0.25) is 14.3 Å². The number of hydrogen-bond donors (Lipinski definition) is 1. The maximum absolute atomic E-state index is 16.6. The normalized spacial score (nSPS) is 15.1. The molecule has 264 valence electrons. The molecule has 2 amide bonds. The Morgan fingerprint density at radius 2 is 1.76 bits per heavy atom. The average molecular weight is 703 g/mol. The zero-order valence-electron chi connectivity index (χ0n) is 27.7. The summed E-state index contributed by atoms with van der Waals surface area (Å²) in [5.74, 6) is -0.792. The Bertz CT molecular complexity index is 2090. The Kier molecular flexibility index (Phi) is 9.43. The highest BCUT2D eigenvalue weighted by Crippen LogP contribution is 2.38. The number of aromatic amines is 1. The number of fused-ring (bicyclic) bond motifs is 1. The number of carbonyl (C=O) groups excluding carboxylic acids is 2. The largest absolute Gasteiger partial charge is 0.493 e. The number of ether oxygens (including phenoxy) is 1. The highest BCUT2D eigenvalue weighted by Gasteiger charge is 2.28. The predicted molar refractivity (Wildman–Crippen MR) is 181 cm³/mol. The van der Waals surface area contributed by atoms with Gasteiger partial charge < -0.3 is 24.4 Å². The van der Waals surface area contributed by atoms with E-state index in [-0.39, 0.29) is 52.9 Å². The second kappa shape index (κ2) is 14.2. The molecule has 1 N–H and O–H groups in total. The third kappa shape index (κ3) is 6.87. The van der Waals surface area contributed by atoms with Crippen molar-refractivity contribution in [3.63, 3.8) is 0 Å². The highest BCUT2D eigenvalue weighted by molar-refractivity contribution is 6.04. The van der Waals surface area contributed by atoms with Gasteiger partial charge in [0.15, 0.2) is 17.4 Å². The highest BCUT2D eigenvalue weighted by atomic mass is 19.3. The molecular formula is C36H34F4N8O3. The lowest BCUT2D eigenvalue weighted by atomic mass is 9.93. The molecule has 0 aliphatic carbocycles. The first kappa shape index (κ1) is 33.8. The van der Waals surface area contributed by atoms with Crippen LogP contribution in [0.3, 0.4) is 0 Å². The number of nitrogens with one attached hydrogen (secondary N) is 1. The molecule has 7 rings (SSSR count). The molecule has 0 unspecified atom stereocenters. The Morgan fingerprint density at radius 1 is 0.980 bits per heavy atom. The molecule has 0 bridgehead atoms. The molecule has 2 aliphatic rings. The van der Waals surface area contributed by atoms with Gasteiger partial charge in [0.2, 0.25) is 5.91 Å². The van der Waals surface area contributed by atoms with Crippen molar-refractivity contribution in [1.82, 2.24) is 34.8 Å². The molecular weight excluding hydrogens is 668 g/mol. The molecule has 1 fully saturated rings. The molecule has 0 saturated carbocycles. The van der Waals surface area contributed by atoms with Gasteiger partial charge in [-0.1, -0.05) is 35.6 Å². The number of amides is 2. The lowest BCUT2D eigenvalue weighted by molar-refractivity contribution is -0.131. The fourth-order valence-corrected chi connectivity index (χ4v) is 6.62. The Balaban J connectivity index is 1.18. The van der Waals surface area contributed by atoms with Gasteiger partial charge in [0.25, 0.3) is 12.3 Å². The smallest absolute Gasteiger partial charge is 0.270 e. The molecule has 3 aromatic heterocycles. The van der Waals surface area contributed by atoms with E-state index in [4.69, 9.17) is 4.74 Å². The number of hydrogen-bond acceptors (Lipinski definition) is 7. The van der Waals surface area contributed by atoms with Gasteiger partial charge >= 0.3 is 0 Å². The Hall–Kier alpha value is -5.73. The van der Waals surface area contributed by atoms with Gasteiger partial charge in [-0.05, 0) is 35.3 Å². The molecule has 5 heterocycles. The van der Waals surface area contributed by atoms with E-state index >= 15 is 4.39 Å². The zero-order chi connectivity index (χ0) is 35.6. The van der Waals surface area contributed by atoms with Crippen molar-refractivity contribution >= 4 is 34.1 Å². The molecule has 0 radical (unpaired) electrons. The van der Waals surface area contributed by atoms with E-state index in [1.54, 1.807) is 44.9 Å². The van der Waals surface area contributed by atoms with E-state index in [0.29, 0.717) is 73.6 Å². The fourth-order valence-electron chi connectivity index (χ4n) is 6.62. The summed E-state index contributed by atoms with van der Waals surface area (Å²) in [7, 11) is 1.43. The van der Waals surface area contributed by atoms with E-state index < -0.39 is 18.1 Å². The van der Waals surface area contributed by atoms with E-state index in [2.05, 4.69) is 20.3 Å². The number of rotatable bonds is 9. The zero-order valence-corrected chi connectivity index (χ0v) is 27.7. The van der Waals surface area contributed by atoms with E-state index in [9.17, 15) is 22.8 Å². The number of halogens is 4. The predicted octanol–water partition coefficient (Wildman–Crippen LogP) is 5.71. The molecule has 5 aromatic rings. The number of aromatic nitrogens is 5. The minimum absolute atomic E-state index is 0.0956. The molecule has 2 aromatic carbocycles. The third-order valence-corrected chi connectivity index (χ3v) is 9.32. The van der Waals surface area contributed by atoms with Crippen LogP contribution >= 0.6 is 0 Å². The molecule has 0 spiro atoms. The number of H-pyrrole nitrogens is 1. The average Bonchev–Trinajstić information content (AvgIpc) is 3.85. The molecule has 51 heavy (non-hydrogen) atoms.